The highest BCUT2D eigenvalue weighted by molar-refractivity contribution is 7.89. The van der Waals surface area contributed by atoms with Gasteiger partial charge in [0.2, 0.25) is 16.0 Å². The van der Waals surface area contributed by atoms with Gasteiger partial charge in [-0.2, -0.15) is 13.2 Å². The van der Waals surface area contributed by atoms with Crippen LogP contribution in [0.25, 0.3) is 0 Å². The van der Waals surface area contributed by atoms with E-state index in [0.29, 0.717) is 44.0 Å². The number of anilines is 1. The average molecular weight is 440 g/mol. The third-order valence-electron chi connectivity index (χ3n) is 4.79. The van der Waals surface area contributed by atoms with E-state index in [4.69, 9.17) is 14.6 Å². The number of aliphatic carboxylic acids is 1. The molecule has 164 valence electrons. The van der Waals surface area contributed by atoms with Crippen molar-refractivity contribution < 1.29 is 36.2 Å². The molecular formula is C16H23F3N4O5S. The number of carboxylic acid groups (broad SMARTS) is 1. The fourth-order valence-electron chi connectivity index (χ4n) is 3.28. The summed E-state index contributed by atoms with van der Waals surface area (Å²) in [5.41, 5.74) is 0. The van der Waals surface area contributed by atoms with Gasteiger partial charge in [0.05, 0.1) is 18.5 Å². The minimum absolute atomic E-state index is 0.0975. The maximum atomic E-state index is 12.0. The molecule has 9 nitrogen and oxygen atoms in total. The van der Waals surface area contributed by atoms with Gasteiger partial charge in [-0.15, -0.1) is 0 Å². The monoisotopic (exact) mass is 440 g/mol. The van der Waals surface area contributed by atoms with Crippen molar-refractivity contribution in [3.8, 4) is 0 Å². The van der Waals surface area contributed by atoms with Gasteiger partial charge >= 0.3 is 12.1 Å². The highest BCUT2D eigenvalue weighted by Gasteiger charge is 2.43. The number of hydrogen-bond donors (Lipinski definition) is 2. The Hall–Kier alpha value is -1.99. The van der Waals surface area contributed by atoms with Crippen LogP contribution in [0.3, 0.4) is 0 Å². The number of sulfonamides is 1. The zero-order chi connectivity index (χ0) is 21.7. The zero-order valence-corrected chi connectivity index (χ0v) is 16.5. The lowest BCUT2D eigenvalue weighted by molar-refractivity contribution is -0.192. The Bertz CT molecular complexity index is 779. The van der Waals surface area contributed by atoms with E-state index in [0.717, 1.165) is 6.42 Å². The molecule has 0 amide bonds. The van der Waals surface area contributed by atoms with Crippen molar-refractivity contribution in [3.63, 3.8) is 0 Å². The molecule has 13 heteroatoms. The van der Waals surface area contributed by atoms with Crippen molar-refractivity contribution >= 4 is 21.9 Å². The minimum atomic E-state index is -5.08. The lowest BCUT2D eigenvalue weighted by Crippen LogP contribution is -2.45. The molecule has 2 aliphatic rings. The van der Waals surface area contributed by atoms with Crippen molar-refractivity contribution in [1.29, 1.82) is 0 Å². The van der Waals surface area contributed by atoms with E-state index in [1.807, 2.05) is 0 Å². The molecule has 0 radical (unpaired) electrons. The van der Waals surface area contributed by atoms with Crippen LogP contribution in [0.15, 0.2) is 18.5 Å². The quantitative estimate of drug-likeness (QED) is 0.701. The van der Waals surface area contributed by atoms with E-state index in [9.17, 15) is 21.6 Å². The summed E-state index contributed by atoms with van der Waals surface area (Å²) in [6.45, 7) is 4.16. The number of carbonyl (C=O) groups is 1. The first-order valence-electron chi connectivity index (χ1n) is 8.95. The van der Waals surface area contributed by atoms with Crippen LogP contribution in [0.5, 0.6) is 0 Å². The summed E-state index contributed by atoms with van der Waals surface area (Å²) in [6, 6.07) is 1.77. The number of piperidine rings is 1. The minimum Gasteiger partial charge on any atom is -0.475 e. The first-order valence-corrected chi connectivity index (χ1v) is 10.6. The molecule has 3 heterocycles. The molecule has 3 rings (SSSR count). The number of halogens is 3. The van der Waals surface area contributed by atoms with Crippen LogP contribution < -0.4 is 5.32 Å². The molecular weight excluding hydrogens is 417 g/mol. The molecule has 0 spiro atoms. The summed E-state index contributed by atoms with van der Waals surface area (Å²) < 4.78 is 63.2. The lowest BCUT2D eigenvalue weighted by atomic mass is 9.85. The highest BCUT2D eigenvalue weighted by atomic mass is 32.2. The van der Waals surface area contributed by atoms with Gasteiger partial charge < -0.3 is 15.2 Å². The first kappa shape index (κ1) is 23.3. The van der Waals surface area contributed by atoms with Crippen LogP contribution in [0.1, 0.15) is 13.3 Å². The van der Waals surface area contributed by atoms with E-state index in [2.05, 4.69) is 15.3 Å². The Morgan fingerprint density at radius 2 is 2.00 bits per heavy atom. The fourth-order valence-corrected chi connectivity index (χ4v) is 4.45. The van der Waals surface area contributed by atoms with Crippen LogP contribution in [-0.4, -0.2) is 78.0 Å². The summed E-state index contributed by atoms with van der Waals surface area (Å²) in [5.74, 6) is -1.30. The molecule has 2 saturated heterocycles. The number of nitrogens with one attached hydrogen (secondary N) is 1. The number of hydrogen-bond acceptors (Lipinski definition) is 7. The van der Waals surface area contributed by atoms with Gasteiger partial charge in [0.1, 0.15) is 0 Å². The Balaban J connectivity index is 0.000000370. The lowest BCUT2D eigenvalue weighted by Gasteiger charge is -2.34. The summed E-state index contributed by atoms with van der Waals surface area (Å²) in [5, 5.41) is 10.3. The Labute approximate surface area is 166 Å². The standard InChI is InChI=1S/C14H22N4O3S.C2HF3O2/c1-2-22(19,20)18-7-4-12-11(9-18)10-21-13(12)8-17-14-15-5-3-6-16-14;3-2(4,5)1(6)7/h3,5-6,11-13H,2,4,7-10H2,1H3,(H,15,16,17);(H,6,7)/t11-,12-,13-;/m1./s1. The van der Waals surface area contributed by atoms with Gasteiger partial charge in [-0.05, 0) is 25.3 Å². The predicted molar refractivity (Wildman–Crippen MR) is 96.6 cm³/mol. The molecule has 0 unspecified atom stereocenters. The first-order chi connectivity index (χ1) is 13.5. The van der Waals surface area contributed by atoms with E-state index >= 15 is 0 Å². The molecule has 0 bridgehead atoms. The van der Waals surface area contributed by atoms with Crippen LogP contribution in [0, 0.1) is 11.8 Å². The van der Waals surface area contributed by atoms with Crippen LogP contribution in [0.4, 0.5) is 19.1 Å². The van der Waals surface area contributed by atoms with Crippen LogP contribution in [0.2, 0.25) is 0 Å². The number of ether oxygens (including phenoxy) is 1. The summed E-state index contributed by atoms with van der Waals surface area (Å²) >= 11 is 0. The summed E-state index contributed by atoms with van der Waals surface area (Å²) in [4.78, 5) is 17.2. The molecule has 2 fully saturated rings. The Kier molecular flexibility index (Phi) is 7.77. The molecule has 2 N–H and O–H groups in total. The zero-order valence-electron chi connectivity index (χ0n) is 15.7. The van der Waals surface area contributed by atoms with E-state index < -0.39 is 22.2 Å². The maximum absolute atomic E-state index is 12.0. The molecule has 1 aromatic rings. The molecule has 3 atom stereocenters. The number of fused-ring (bicyclic) bond motifs is 1. The molecule has 0 aromatic carbocycles. The predicted octanol–water partition coefficient (Wildman–Crippen LogP) is 1.21. The van der Waals surface area contributed by atoms with E-state index in [1.54, 1.807) is 29.7 Å². The molecule has 29 heavy (non-hydrogen) atoms. The fraction of sp³-hybridized carbons (Fsp3) is 0.688. The van der Waals surface area contributed by atoms with Crippen molar-refractivity contribution in [2.24, 2.45) is 11.8 Å². The van der Waals surface area contributed by atoms with Crippen molar-refractivity contribution in [3.05, 3.63) is 18.5 Å². The number of nitrogens with zero attached hydrogens (tertiary/aromatic N) is 3. The number of aromatic nitrogens is 2. The number of rotatable bonds is 5. The van der Waals surface area contributed by atoms with E-state index in [-0.39, 0.29) is 11.9 Å². The SMILES string of the molecule is CCS(=O)(=O)N1CC[C@@H]2[C@@H](CO[C@@H]2CNc2ncccn2)C1.O=C(O)C(F)(F)F. The molecule has 0 aliphatic carbocycles. The van der Waals surface area contributed by atoms with E-state index in [1.165, 1.54) is 0 Å². The smallest absolute Gasteiger partial charge is 0.475 e. The normalized spacial score (nSPS) is 24.9. The van der Waals surface area contributed by atoms with Gasteiger partial charge in [-0.25, -0.2) is 27.5 Å². The second kappa shape index (κ2) is 9.67. The van der Waals surface area contributed by atoms with Crippen LogP contribution >= 0.6 is 0 Å². The number of alkyl halides is 3. The van der Waals surface area contributed by atoms with Gasteiger partial charge in [-0.3, -0.25) is 0 Å². The maximum Gasteiger partial charge on any atom is 0.490 e. The third kappa shape index (κ3) is 6.51. The third-order valence-corrected chi connectivity index (χ3v) is 6.63. The Morgan fingerprint density at radius 3 is 2.55 bits per heavy atom. The van der Waals surface area contributed by atoms with Gasteiger partial charge in [0.15, 0.2) is 0 Å². The topological polar surface area (TPSA) is 122 Å². The second-order valence-corrected chi connectivity index (χ2v) is 8.86. The highest BCUT2D eigenvalue weighted by Crippen LogP contribution is 2.35. The molecule has 2 aliphatic heterocycles. The molecule has 0 saturated carbocycles. The van der Waals surface area contributed by atoms with Crippen molar-refractivity contribution in [2.75, 3.05) is 37.3 Å². The Morgan fingerprint density at radius 1 is 1.38 bits per heavy atom. The van der Waals surface area contributed by atoms with Crippen molar-refractivity contribution in [1.82, 2.24) is 14.3 Å². The van der Waals surface area contributed by atoms with Crippen molar-refractivity contribution in [2.45, 2.75) is 25.6 Å². The number of carboxylic acids is 1. The molecule has 1 aromatic heterocycles. The van der Waals surface area contributed by atoms with Crippen LogP contribution in [-0.2, 0) is 19.6 Å². The summed E-state index contributed by atoms with van der Waals surface area (Å²) in [7, 11) is -3.09. The summed E-state index contributed by atoms with van der Waals surface area (Å²) in [6.07, 6.45) is -0.740. The average Bonchev–Trinajstić information content (AvgIpc) is 3.09. The van der Waals surface area contributed by atoms with Gasteiger partial charge in [-0.1, -0.05) is 0 Å². The second-order valence-electron chi connectivity index (χ2n) is 6.60. The van der Waals surface area contributed by atoms with Gasteiger partial charge in [0.25, 0.3) is 0 Å². The largest absolute Gasteiger partial charge is 0.490 e. The van der Waals surface area contributed by atoms with Gasteiger partial charge in [0, 0.05) is 37.9 Å².